The number of unbranched alkanes of at least 4 members (excludes halogenated alkanes) is 26. The van der Waals surface area contributed by atoms with E-state index in [4.69, 9.17) is 9.47 Å². The van der Waals surface area contributed by atoms with Crippen molar-refractivity contribution in [3.8, 4) is 0 Å². The molecular weight excluding hydrogens is 647 g/mol. The van der Waals surface area contributed by atoms with E-state index in [1.165, 1.54) is 135 Å². The van der Waals surface area contributed by atoms with Gasteiger partial charge in [0.15, 0.2) is 0 Å². The monoisotopic (exact) mass is 738 g/mol. The van der Waals surface area contributed by atoms with E-state index in [-0.39, 0.29) is 24.6 Å². The number of carbonyl (C=O) groups excluding carboxylic acids is 2. The van der Waals surface area contributed by atoms with Crippen molar-refractivity contribution in [2.24, 2.45) is 0 Å². The Morgan fingerprint density at radius 1 is 0.442 bits per heavy atom. The average Bonchev–Trinajstić information content (AvgIpc) is 3.14. The van der Waals surface area contributed by atoms with Gasteiger partial charge in [-0.2, -0.15) is 0 Å². The summed E-state index contributed by atoms with van der Waals surface area (Å²) in [7, 11) is 0. The van der Waals surface area contributed by atoms with Gasteiger partial charge in [-0.25, -0.2) is 0 Å². The largest absolute Gasteiger partial charge is 0.466 e. The van der Waals surface area contributed by atoms with Crippen LogP contribution in [0.3, 0.4) is 0 Å². The molecule has 0 saturated carbocycles. The van der Waals surface area contributed by atoms with Crippen LogP contribution in [0.2, 0.25) is 0 Å². The van der Waals surface area contributed by atoms with Crippen LogP contribution in [0.15, 0.2) is 0 Å². The Balaban J connectivity index is 3.96. The molecule has 0 saturated heterocycles. The van der Waals surface area contributed by atoms with Gasteiger partial charge < -0.3 is 19.5 Å². The van der Waals surface area contributed by atoms with Gasteiger partial charge in [0, 0.05) is 19.4 Å². The van der Waals surface area contributed by atoms with E-state index in [2.05, 4.69) is 25.7 Å². The van der Waals surface area contributed by atoms with Gasteiger partial charge in [0.25, 0.3) is 0 Å². The molecule has 1 atom stereocenters. The maximum atomic E-state index is 12.7. The van der Waals surface area contributed by atoms with Gasteiger partial charge in [0.05, 0.1) is 13.2 Å². The number of aliphatic hydroxyl groups excluding tert-OH is 1. The highest BCUT2D eigenvalue weighted by Crippen LogP contribution is 2.19. The van der Waals surface area contributed by atoms with Crippen LogP contribution in [-0.4, -0.2) is 60.9 Å². The maximum Gasteiger partial charge on any atom is 0.306 e. The number of hydrogen-bond donors (Lipinski definition) is 1. The van der Waals surface area contributed by atoms with Crippen molar-refractivity contribution in [2.75, 3.05) is 32.8 Å². The lowest BCUT2D eigenvalue weighted by molar-refractivity contribution is -0.150. The molecule has 0 spiro atoms. The number of hydrogen-bond acceptors (Lipinski definition) is 6. The molecule has 0 aliphatic rings. The van der Waals surface area contributed by atoms with Gasteiger partial charge in [0.2, 0.25) is 0 Å². The predicted octanol–water partition coefficient (Wildman–Crippen LogP) is 13.4. The Kier molecular flexibility index (Phi) is 41.7. The molecule has 0 bridgehead atoms. The minimum absolute atomic E-state index is 0.00963. The Morgan fingerprint density at radius 3 is 1.27 bits per heavy atom. The number of carbonyl (C=O) groups is 2. The predicted molar refractivity (Wildman–Crippen MR) is 223 cm³/mol. The fraction of sp³-hybridized carbons (Fsp3) is 0.957. The standard InChI is InChI=1S/C46H91NO5/c1-4-7-10-13-16-17-18-20-26-34-43-51-45(49)37-31-27-33-40-47(41-42-48)39-32-25-21-24-30-38-46(50)52-44(35-28-22-15-12-9-6-3)36-29-23-19-14-11-8-5-2/h44,48H,4-43H2,1-3H3. The lowest BCUT2D eigenvalue weighted by Crippen LogP contribution is -2.29. The third-order valence-corrected chi connectivity index (χ3v) is 10.7. The molecule has 0 radical (unpaired) electrons. The van der Waals surface area contributed by atoms with Crippen molar-refractivity contribution in [3.05, 3.63) is 0 Å². The summed E-state index contributed by atoms with van der Waals surface area (Å²) < 4.78 is 11.5. The van der Waals surface area contributed by atoms with E-state index in [1.54, 1.807) is 0 Å². The molecular formula is C46H91NO5. The number of aliphatic hydroxyl groups is 1. The van der Waals surface area contributed by atoms with Gasteiger partial charge >= 0.3 is 11.9 Å². The number of rotatable bonds is 43. The fourth-order valence-electron chi connectivity index (χ4n) is 7.23. The molecule has 0 rings (SSSR count). The minimum Gasteiger partial charge on any atom is -0.466 e. The van der Waals surface area contributed by atoms with Crippen LogP contribution in [0, 0.1) is 0 Å². The maximum absolute atomic E-state index is 12.7. The molecule has 1 unspecified atom stereocenters. The topological polar surface area (TPSA) is 76.1 Å². The molecule has 0 amide bonds. The van der Waals surface area contributed by atoms with E-state index < -0.39 is 0 Å². The molecule has 0 fully saturated rings. The average molecular weight is 738 g/mol. The van der Waals surface area contributed by atoms with Gasteiger partial charge in [-0.15, -0.1) is 0 Å². The first-order valence-corrected chi connectivity index (χ1v) is 23.3. The minimum atomic E-state index is -0.0483. The fourth-order valence-corrected chi connectivity index (χ4v) is 7.23. The van der Waals surface area contributed by atoms with Crippen LogP contribution in [-0.2, 0) is 19.1 Å². The van der Waals surface area contributed by atoms with Crippen LogP contribution in [0.25, 0.3) is 0 Å². The van der Waals surface area contributed by atoms with E-state index in [0.717, 1.165) is 90.1 Å². The van der Waals surface area contributed by atoms with E-state index >= 15 is 0 Å². The van der Waals surface area contributed by atoms with E-state index in [0.29, 0.717) is 26.0 Å². The van der Waals surface area contributed by atoms with Gasteiger partial charge in [-0.3, -0.25) is 9.59 Å². The smallest absolute Gasteiger partial charge is 0.306 e. The molecule has 310 valence electrons. The Bertz CT molecular complexity index is 732. The van der Waals surface area contributed by atoms with Crippen molar-refractivity contribution in [3.63, 3.8) is 0 Å². The van der Waals surface area contributed by atoms with Crippen LogP contribution in [0.4, 0.5) is 0 Å². The van der Waals surface area contributed by atoms with Gasteiger partial charge in [-0.05, 0) is 70.9 Å². The first-order valence-electron chi connectivity index (χ1n) is 23.3. The Morgan fingerprint density at radius 2 is 0.808 bits per heavy atom. The molecule has 52 heavy (non-hydrogen) atoms. The molecule has 0 aliphatic heterocycles. The molecule has 0 aliphatic carbocycles. The SMILES string of the molecule is CCCCCCCCCCCCOC(=O)CCCCCN(CCO)CCCCCCCC(=O)OC(CCCCCCCC)CCCCCCCCC. The summed E-state index contributed by atoms with van der Waals surface area (Å²) in [4.78, 5) is 27.2. The lowest BCUT2D eigenvalue weighted by Gasteiger charge is -2.21. The van der Waals surface area contributed by atoms with Crippen molar-refractivity contribution in [1.82, 2.24) is 4.90 Å². The van der Waals surface area contributed by atoms with Crippen LogP contribution in [0.1, 0.15) is 245 Å². The zero-order chi connectivity index (χ0) is 38.0. The summed E-state index contributed by atoms with van der Waals surface area (Å²) in [6.45, 7) is 10.2. The highest BCUT2D eigenvalue weighted by Gasteiger charge is 2.14. The zero-order valence-electron chi connectivity index (χ0n) is 35.4. The number of ether oxygens (including phenoxy) is 2. The third kappa shape index (κ3) is 38.6. The van der Waals surface area contributed by atoms with Crippen molar-refractivity contribution >= 4 is 11.9 Å². The summed E-state index contributed by atoms with van der Waals surface area (Å²) in [6, 6.07) is 0. The molecule has 1 N–H and O–H groups in total. The number of nitrogens with zero attached hydrogens (tertiary/aromatic N) is 1. The van der Waals surface area contributed by atoms with Crippen molar-refractivity contribution < 1.29 is 24.2 Å². The first kappa shape index (κ1) is 50.9. The molecule has 6 heteroatoms. The van der Waals surface area contributed by atoms with E-state index in [1.807, 2.05) is 0 Å². The normalized spacial score (nSPS) is 12.1. The Hall–Kier alpha value is -1.14. The highest BCUT2D eigenvalue weighted by molar-refractivity contribution is 5.69. The van der Waals surface area contributed by atoms with Gasteiger partial charge in [0.1, 0.15) is 6.10 Å². The quantitative estimate of drug-likeness (QED) is 0.0496. The Labute approximate surface area is 324 Å². The second-order valence-corrected chi connectivity index (χ2v) is 15.9. The third-order valence-electron chi connectivity index (χ3n) is 10.7. The van der Waals surface area contributed by atoms with Crippen LogP contribution < -0.4 is 0 Å². The molecule has 0 heterocycles. The van der Waals surface area contributed by atoms with E-state index in [9.17, 15) is 14.7 Å². The zero-order valence-corrected chi connectivity index (χ0v) is 35.4. The number of esters is 2. The molecule has 0 aromatic heterocycles. The lowest BCUT2D eigenvalue weighted by atomic mass is 10.0. The molecule has 0 aromatic carbocycles. The summed E-state index contributed by atoms with van der Waals surface area (Å²) in [6.07, 6.45) is 41.3. The van der Waals surface area contributed by atoms with Crippen LogP contribution >= 0.6 is 0 Å². The highest BCUT2D eigenvalue weighted by atomic mass is 16.5. The molecule has 0 aromatic rings. The van der Waals surface area contributed by atoms with Crippen LogP contribution in [0.5, 0.6) is 0 Å². The summed E-state index contributed by atoms with van der Waals surface area (Å²) in [5, 5.41) is 9.55. The second kappa shape index (κ2) is 42.6. The van der Waals surface area contributed by atoms with Gasteiger partial charge in [-0.1, -0.05) is 175 Å². The second-order valence-electron chi connectivity index (χ2n) is 15.9. The molecule has 6 nitrogen and oxygen atoms in total. The van der Waals surface area contributed by atoms with Crippen molar-refractivity contribution in [2.45, 2.75) is 252 Å². The summed E-state index contributed by atoms with van der Waals surface area (Å²) >= 11 is 0. The summed E-state index contributed by atoms with van der Waals surface area (Å²) in [5.41, 5.74) is 0. The first-order chi connectivity index (χ1) is 25.6. The van der Waals surface area contributed by atoms with Crippen molar-refractivity contribution in [1.29, 1.82) is 0 Å². The summed E-state index contributed by atoms with van der Waals surface area (Å²) in [5.74, 6) is -0.0386.